The summed E-state index contributed by atoms with van der Waals surface area (Å²) in [4.78, 5) is 0. The number of allylic oxidation sites excluding steroid dienone is 4. The van der Waals surface area contributed by atoms with Crippen LogP contribution in [0.2, 0.25) is 0 Å². The predicted molar refractivity (Wildman–Crippen MR) is 91.9 cm³/mol. The van der Waals surface area contributed by atoms with Crippen LogP contribution in [0.1, 0.15) is 57.4 Å². The summed E-state index contributed by atoms with van der Waals surface area (Å²) in [6.07, 6.45) is 15.2. The molecule has 0 saturated heterocycles. The maximum Gasteiger partial charge on any atom is 0.126 e. The van der Waals surface area contributed by atoms with Crippen LogP contribution in [0.25, 0.3) is 5.57 Å². The van der Waals surface area contributed by atoms with Gasteiger partial charge < -0.3 is 0 Å². The van der Waals surface area contributed by atoms with E-state index in [0.717, 1.165) is 54.2 Å². The summed E-state index contributed by atoms with van der Waals surface area (Å²) in [5.74, 6) is 1.40. The Morgan fingerprint density at radius 3 is 2.17 bits per heavy atom. The Hall–Kier alpha value is -1.44. The van der Waals surface area contributed by atoms with E-state index in [9.17, 15) is 8.78 Å². The lowest BCUT2D eigenvalue weighted by atomic mass is 9.71. The van der Waals surface area contributed by atoms with Crippen LogP contribution >= 0.6 is 0 Å². The molecule has 0 heterocycles. The lowest BCUT2D eigenvalue weighted by molar-refractivity contribution is 0.212. The van der Waals surface area contributed by atoms with Gasteiger partial charge in [-0.25, -0.2) is 8.78 Å². The minimum atomic E-state index is -0.481. The van der Waals surface area contributed by atoms with E-state index in [1.54, 1.807) is 0 Å². The molecule has 23 heavy (non-hydrogen) atoms. The first-order valence-corrected chi connectivity index (χ1v) is 8.94. The largest absolute Gasteiger partial charge is 0.207 e. The highest BCUT2D eigenvalue weighted by molar-refractivity contribution is 5.66. The van der Waals surface area contributed by atoms with Gasteiger partial charge in [0.1, 0.15) is 11.6 Å². The zero-order chi connectivity index (χ0) is 16.2. The van der Waals surface area contributed by atoms with E-state index >= 15 is 0 Å². The molecule has 0 aromatic heterocycles. The normalized spacial score (nSPS) is 28.8. The van der Waals surface area contributed by atoms with Gasteiger partial charge in [-0.15, -0.1) is 0 Å². The van der Waals surface area contributed by atoms with Crippen LogP contribution in [-0.2, 0) is 0 Å². The molecule has 0 nitrogen and oxygen atoms in total. The molecule has 1 aromatic rings. The third kappa shape index (κ3) is 4.10. The van der Waals surface area contributed by atoms with E-state index in [2.05, 4.69) is 25.2 Å². The van der Waals surface area contributed by atoms with Gasteiger partial charge in [0, 0.05) is 6.07 Å². The Morgan fingerprint density at radius 1 is 0.913 bits per heavy atom. The first-order chi connectivity index (χ1) is 11.2. The predicted octanol–water partition coefficient (Wildman–Crippen LogP) is 6.53. The van der Waals surface area contributed by atoms with E-state index in [-0.39, 0.29) is 0 Å². The van der Waals surface area contributed by atoms with E-state index in [1.807, 2.05) is 0 Å². The second kappa shape index (κ2) is 7.42. The van der Waals surface area contributed by atoms with Gasteiger partial charge in [-0.1, -0.05) is 18.2 Å². The minimum Gasteiger partial charge on any atom is -0.207 e. The Balaban J connectivity index is 1.60. The second-order valence-electron chi connectivity index (χ2n) is 7.12. The molecular formula is C21H26F2. The summed E-state index contributed by atoms with van der Waals surface area (Å²) >= 11 is 0. The van der Waals surface area contributed by atoms with Gasteiger partial charge in [-0.2, -0.15) is 0 Å². The number of hydrogen-bond acceptors (Lipinski definition) is 0. The zero-order valence-corrected chi connectivity index (χ0v) is 13.9. The standard InChI is InChI=1S/C21H26F2/c1-2-3-15-4-6-16(7-5-15)17-8-10-18(11-9-17)19-12-20(22)14-21(23)13-19/h2-3,10,12-17H,4-9,11H2,1H3. The van der Waals surface area contributed by atoms with Gasteiger partial charge in [-0.05, 0) is 92.9 Å². The molecule has 1 fully saturated rings. The van der Waals surface area contributed by atoms with Gasteiger partial charge in [0.15, 0.2) is 0 Å². The highest BCUT2D eigenvalue weighted by Gasteiger charge is 2.28. The summed E-state index contributed by atoms with van der Waals surface area (Å²) in [6.45, 7) is 2.11. The minimum absolute atomic E-state index is 0.481. The molecular weight excluding hydrogens is 290 g/mol. The highest BCUT2D eigenvalue weighted by atomic mass is 19.1. The first-order valence-electron chi connectivity index (χ1n) is 8.94. The third-order valence-corrected chi connectivity index (χ3v) is 5.63. The summed E-state index contributed by atoms with van der Waals surface area (Å²) in [5.41, 5.74) is 1.83. The summed E-state index contributed by atoms with van der Waals surface area (Å²) in [6, 6.07) is 3.86. The van der Waals surface area contributed by atoms with Crippen molar-refractivity contribution in [2.45, 2.75) is 51.9 Å². The van der Waals surface area contributed by atoms with Crippen LogP contribution < -0.4 is 0 Å². The Bertz CT molecular complexity index is 572. The maximum atomic E-state index is 13.4. The lowest BCUT2D eigenvalue weighted by Crippen LogP contribution is -2.22. The summed E-state index contributed by atoms with van der Waals surface area (Å²) in [7, 11) is 0. The SMILES string of the molecule is CC=CC1CCC(C2CC=C(c3cc(F)cc(F)c3)CC2)CC1. The monoisotopic (exact) mass is 316 g/mol. The third-order valence-electron chi connectivity index (χ3n) is 5.63. The Kier molecular flexibility index (Phi) is 5.30. The average molecular weight is 316 g/mol. The maximum absolute atomic E-state index is 13.4. The molecule has 1 unspecified atom stereocenters. The fourth-order valence-electron chi connectivity index (χ4n) is 4.37. The first kappa shape index (κ1) is 16.4. The van der Waals surface area contributed by atoms with Crippen molar-refractivity contribution in [3.05, 3.63) is 53.6 Å². The summed E-state index contributed by atoms with van der Waals surface area (Å²) < 4.78 is 26.8. The average Bonchev–Trinajstić information content (AvgIpc) is 2.55. The van der Waals surface area contributed by atoms with Crippen molar-refractivity contribution in [3.8, 4) is 0 Å². The van der Waals surface area contributed by atoms with Crippen LogP contribution in [0.15, 0.2) is 36.4 Å². The molecule has 2 heteroatoms. The molecule has 3 rings (SSSR count). The van der Waals surface area contributed by atoms with Crippen molar-refractivity contribution < 1.29 is 8.78 Å². The fourth-order valence-corrected chi connectivity index (χ4v) is 4.37. The zero-order valence-electron chi connectivity index (χ0n) is 13.9. The molecule has 1 aromatic carbocycles. The topological polar surface area (TPSA) is 0 Å². The quantitative estimate of drug-likeness (QED) is 0.556. The van der Waals surface area contributed by atoms with Gasteiger partial charge >= 0.3 is 0 Å². The van der Waals surface area contributed by atoms with Crippen LogP contribution in [0.3, 0.4) is 0 Å². The smallest absolute Gasteiger partial charge is 0.126 e. The Morgan fingerprint density at radius 2 is 1.61 bits per heavy atom. The van der Waals surface area contributed by atoms with E-state index in [4.69, 9.17) is 0 Å². The van der Waals surface area contributed by atoms with E-state index < -0.39 is 11.6 Å². The number of halogens is 2. The van der Waals surface area contributed by atoms with Crippen LogP contribution in [0.4, 0.5) is 8.78 Å². The number of benzene rings is 1. The van der Waals surface area contributed by atoms with E-state index in [1.165, 1.54) is 37.8 Å². The molecule has 0 bridgehead atoms. The lowest BCUT2D eigenvalue weighted by Gasteiger charge is -2.34. The molecule has 124 valence electrons. The molecule has 0 N–H and O–H groups in total. The second-order valence-corrected chi connectivity index (χ2v) is 7.12. The van der Waals surface area contributed by atoms with Gasteiger partial charge in [0.25, 0.3) is 0 Å². The molecule has 2 aliphatic rings. The molecule has 1 atom stereocenters. The van der Waals surface area contributed by atoms with Crippen LogP contribution in [0, 0.1) is 29.4 Å². The number of rotatable bonds is 3. The highest BCUT2D eigenvalue weighted by Crippen LogP contribution is 2.41. The Labute approximate surface area is 138 Å². The number of hydrogen-bond donors (Lipinski definition) is 0. The van der Waals surface area contributed by atoms with Gasteiger partial charge in [0.05, 0.1) is 0 Å². The van der Waals surface area contributed by atoms with Crippen molar-refractivity contribution in [1.82, 2.24) is 0 Å². The summed E-state index contributed by atoms with van der Waals surface area (Å²) in [5, 5.41) is 0. The fraction of sp³-hybridized carbons (Fsp3) is 0.524. The van der Waals surface area contributed by atoms with Crippen molar-refractivity contribution in [1.29, 1.82) is 0 Å². The molecule has 1 saturated carbocycles. The van der Waals surface area contributed by atoms with Gasteiger partial charge in [0.2, 0.25) is 0 Å². The molecule has 0 amide bonds. The van der Waals surface area contributed by atoms with Gasteiger partial charge in [-0.3, -0.25) is 0 Å². The van der Waals surface area contributed by atoms with Crippen molar-refractivity contribution in [2.24, 2.45) is 17.8 Å². The van der Waals surface area contributed by atoms with Crippen molar-refractivity contribution in [3.63, 3.8) is 0 Å². The van der Waals surface area contributed by atoms with Crippen LogP contribution in [-0.4, -0.2) is 0 Å². The molecule has 0 aliphatic heterocycles. The van der Waals surface area contributed by atoms with Crippen molar-refractivity contribution >= 4 is 5.57 Å². The van der Waals surface area contributed by atoms with Crippen LogP contribution in [0.5, 0.6) is 0 Å². The molecule has 2 aliphatic carbocycles. The molecule has 0 radical (unpaired) electrons. The van der Waals surface area contributed by atoms with E-state index in [0.29, 0.717) is 0 Å². The van der Waals surface area contributed by atoms with Crippen molar-refractivity contribution in [2.75, 3.05) is 0 Å². The molecule has 0 spiro atoms.